The van der Waals surface area contributed by atoms with Crippen molar-refractivity contribution in [2.45, 2.75) is 158 Å². The molecule has 0 unspecified atom stereocenters. The van der Waals surface area contributed by atoms with Gasteiger partial charge in [-0.05, 0) is 138 Å². The van der Waals surface area contributed by atoms with Crippen LogP contribution in [-0.4, -0.2) is 41.6 Å². The van der Waals surface area contributed by atoms with E-state index < -0.39 is 29.1 Å². The summed E-state index contributed by atoms with van der Waals surface area (Å²) < 4.78 is 17.5. The van der Waals surface area contributed by atoms with Gasteiger partial charge in [0.25, 0.3) is 0 Å². The second-order valence-corrected chi connectivity index (χ2v) is 20.5. The van der Waals surface area contributed by atoms with Crippen LogP contribution in [0.2, 0.25) is 0 Å². The number of nitrogens with one attached hydrogen (secondary N) is 1. The fourth-order valence-corrected chi connectivity index (χ4v) is 12.2. The maximum absolute atomic E-state index is 14.9. The second kappa shape index (κ2) is 13.3. The van der Waals surface area contributed by atoms with Crippen molar-refractivity contribution in [1.82, 2.24) is 5.32 Å². The van der Waals surface area contributed by atoms with Gasteiger partial charge in [-0.25, -0.2) is 9.59 Å². The number of ether oxygens (including phenoxy) is 3. The Morgan fingerprint density at radius 2 is 1.55 bits per heavy atom. The maximum atomic E-state index is 14.9. The third-order valence-electron chi connectivity index (χ3n) is 15.6. The first-order chi connectivity index (χ1) is 24.5. The van der Waals surface area contributed by atoms with Crippen molar-refractivity contribution in [2.24, 2.45) is 50.2 Å². The zero-order chi connectivity index (χ0) is 39.0. The van der Waals surface area contributed by atoms with Crippen LogP contribution < -0.4 is 5.32 Å². The molecule has 0 radical (unpaired) electrons. The van der Waals surface area contributed by atoms with Crippen molar-refractivity contribution >= 4 is 23.8 Å². The lowest BCUT2D eigenvalue weighted by molar-refractivity contribution is -0.211. The van der Waals surface area contributed by atoms with Gasteiger partial charge in [-0.3, -0.25) is 9.59 Å². The largest absolute Gasteiger partial charge is 0.460 e. The Morgan fingerprint density at radius 3 is 2.21 bits per heavy atom. The van der Waals surface area contributed by atoms with Gasteiger partial charge in [0.15, 0.2) is 5.78 Å². The minimum absolute atomic E-state index is 0.0363. The number of ketones is 1. The van der Waals surface area contributed by atoms with Crippen LogP contribution in [0.25, 0.3) is 0 Å². The number of alkyl carbamates (subject to hydrolysis) is 1. The van der Waals surface area contributed by atoms with Crippen molar-refractivity contribution < 1.29 is 33.4 Å². The Morgan fingerprint density at radius 1 is 0.887 bits per heavy atom. The molecule has 0 bridgehead atoms. The number of allylic oxidation sites excluding steroid dienone is 2. The summed E-state index contributed by atoms with van der Waals surface area (Å²) >= 11 is 0. The van der Waals surface area contributed by atoms with Gasteiger partial charge in [-0.1, -0.05) is 77.4 Å². The van der Waals surface area contributed by atoms with Gasteiger partial charge in [0.2, 0.25) is 0 Å². The zero-order valence-electron chi connectivity index (χ0n) is 34.3. The maximum Gasteiger partial charge on any atom is 0.408 e. The lowest BCUT2D eigenvalue weighted by Crippen LogP contribution is -2.67. The van der Waals surface area contributed by atoms with Crippen molar-refractivity contribution in [3.05, 3.63) is 47.5 Å². The van der Waals surface area contributed by atoms with E-state index in [9.17, 15) is 19.2 Å². The molecule has 0 aliphatic heterocycles. The molecule has 1 aromatic carbocycles. The van der Waals surface area contributed by atoms with E-state index in [0.717, 1.165) is 50.5 Å². The van der Waals surface area contributed by atoms with Gasteiger partial charge in [0.05, 0.1) is 5.41 Å². The van der Waals surface area contributed by atoms with Crippen LogP contribution >= 0.6 is 0 Å². The predicted molar refractivity (Wildman–Crippen MR) is 204 cm³/mol. The van der Waals surface area contributed by atoms with E-state index >= 15 is 0 Å². The van der Waals surface area contributed by atoms with Crippen LogP contribution in [0.4, 0.5) is 4.79 Å². The molecule has 10 atom stereocenters. The van der Waals surface area contributed by atoms with Crippen LogP contribution in [0.3, 0.4) is 0 Å². The molecule has 1 amide bonds. The SMILES string of the molecule is C[C@H](NC(=O)OC(C)(C)C)C(=O)O[C@H]1CC[C@]2(C)[C@H]3C(=O)C=C4[C@@H]5C[C@@](C)(C(=O)OCc6ccccc6)CC[C@]5(C)CC[C@@]4(C)[C@]3(C)CC[C@H]2C1(C)C. The molecule has 8 nitrogen and oxygen atoms in total. The molecule has 6 rings (SSSR count). The highest BCUT2D eigenvalue weighted by molar-refractivity contribution is 5.95. The van der Waals surface area contributed by atoms with Crippen molar-refractivity contribution in [1.29, 1.82) is 0 Å². The normalized spacial score (nSPS) is 39.5. The standard InChI is InChI=1S/C45H65NO7/c1-28(46-38(50)53-39(2,3)4)36(48)52-34-18-19-43(9)33(40(34,5)6)17-20-45(11)35(43)32(47)25-30-31-26-42(8,22-21-41(31,7)23-24-44(30,45)10)37(49)51-27-29-15-13-12-14-16-29/h12-16,25,28,31,33-35H,17-24,26-27H2,1-11H3,(H,46,50)/t28-,31-,33-,34-,35+,41+,42-,43-,44+,45+/m0/s1. The fraction of sp³-hybridized carbons (Fsp3) is 0.733. The van der Waals surface area contributed by atoms with Crippen LogP contribution in [0.5, 0.6) is 0 Å². The molecule has 5 aliphatic rings. The number of hydrogen-bond acceptors (Lipinski definition) is 7. The quantitative estimate of drug-likeness (QED) is 0.229. The van der Waals surface area contributed by atoms with Crippen molar-refractivity contribution in [3.63, 3.8) is 0 Å². The van der Waals surface area contributed by atoms with E-state index in [2.05, 4.69) is 53.8 Å². The molecule has 8 heteroatoms. The third-order valence-corrected chi connectivity index (χ3v) is 15.6. The molecule has 4 fully saturated rings. The summed E-state index contributed by atoms with van der Waals surface area (Å²) in [6.45, 7) is 23.3. The fourth-order valence-electron chi connectivity index (χ4n) is 12.2. The Labute approximate surface area is 317 Å². The first kappa shape index (κ1) is 39.5. The van der Waals surface area contributed by atoms with E-state index in [1.807, 2.05) is 36.4 Å². The highest BCUT2D eigenvalue weighted by Gasteiger charge is 2.70. The highest BCUT2D eigenvalue weighted by Crippen LogP contribution is 2.75. The smallest absolute Gasteiger partial charge is 0.408 e. The average Bonchev–Trinajstić information content (AvgIpc) is 3.06. The van der Waals surface area contributed by atoms with Crippen LogP contribution in [0.1, 0.15) is 140 Å². The Hall–Kier alpha value is -3.16. The lowest BCUT2D eigenvalue weighted by Gasteiger charge is -2.70. The summed E-state index contributed by atoms with van der Waals surface area (Å²) in [6, 6.07) is 9.01. The minimum atomic E-state index is -0.851. The molecule has 0 spiro atoms. The molecule has 0 saturated heterocycles. The van der Waals surface area contributed by atoms with Gasteiger partial charge in [0.1, 0.15) is 24.4 Å². The summed E-state index contributed by atoms with van der Waals surface area (Å²) in [5.74, 6) is -0.217. The number of benzene rings is 1. The molecular weight excluding hydrogens is 666 g/mol. The van der Waals surface area contributed by atoms with E-state index in [1.54, 1.807) is 27.7 Å². The number of hydrogen-bond donors (Lipinski definition) is 1. The van der Waals surface area contributed by atoms with Crippen molar-refractivity contribution in [3.8, 4) is 0 Å². The van der Waals surface area contributed by atoms with Gasteiger partial charge >= 0.3 is 18.0 Å². The molecular formula is C45H65NO7. The average molecular weight is 732 g/mol. The summed E-state index contributed by atoms with van der Waals surface area (Å²) in [7, 11) is 0. The zero-order valence-corrected chi connectivity index (χ0v) is 34.3. The number of carbonyl (C=O) groups excluding carboxylic acids is 4. The van der Waals surface area contributed by atoms with E-state index in [0.29, 0.717) is 12.8 Å². The Kier molecular flexibility index (Phi) is 9.88. The first-order valence-corrected chi connectivity index (χ1v) is 20.2. The van der Waals surface area contributed by atoms with E-state index in [1.165, 1.54) is 5.57 Å². The molecule has 0 aromatic heterocycles. The monoisotopic (exact) mass is 731 g/mol. The van der Waals surface area contributed by atoms with Gasteiger partial charge in [-0.15, -0.1) is 0 Å². The van der Waals surface area contributed by atoms with Crippen LogP contribution in [0.15, 0.2) is 42.0 Å². The van der Waals surface area contributed by atoms with Gasteiger partial charge in [-0.2, -0.15) is 0 Å². The minimum Gasteiger partial charge on any atom is -0.460 e. The first-order valence-electron chi connectivity index (χ1n) is 20.2. The van der Waals surface area contributed by atoms with Crippen LogP contribution in [0, 0.1) is 50.2 Å². The molecule has 292 valence electrons. The molecule has 4 saturated carbocycles. The second-order valence-electron chi connectivity index (χ2n) is 20.5. The molecule has 1 N–H and O–H groups in total. The number of carbonyl (C=O) groups is 4. The highest BCUT2D eigenvalue weighted by atomic mass is 16.6. The number of esters is 2. The Bertz CT molecular complexity index is 1660. The third kappa shape index (κ3) is 6.66. The summed E-state index contributed by atoms with van der Waals surface area (Å²) in [5.41, 5.74) is -0.0571. The topological polar surface area (TPSA) is 108 Å². The summed E-state index contributed by atoms with van der Waals surface area (Å²) in [5, 5.41) is 2.63. The van der Waals surface area contributed by atoms with E-state index in [4.69, 9.17) is 14.2 Å². The number of fused-ring (bicyclic) bond motifs is 7. The molecule has 53 heavy (non-hydrogen) atoms. The number of amides is 1. The molecule has 1 aromatic rings. The van der Waals surface area contributed by atoms with Crippen molar-refractivity contribution in [2.75, 3.05) is 0 Å². The Balaban J connectivity index is 1.23. The van der Waals surface area contributed by atoms with E-state index in [-0.39, 0.29) is 69.3 Å². The number of rotatable bonds is 6. The summed E-state index contributed by atoms with van der Waals surface area (Å²) in [6.07, 6.45) is 8.91. The predicted octanol–water partition coefficient (Wildman–Crippen LogP) is 9.54. The lowest BCUT2D eigenvalue weighted by atomic mass is 9.33. The van der Waals surface area contributed by atoms with Gasteiger partial charge < -0.3 is 19.5 Å². The van der Waals surface area contributed by atoms with Gasteiger partial charge in [0, 0.05) is 11.3 Å². The molecule has 0 heterocycles. The summed E-state index contributed by atoms with van der Waals surface area (Å²) in [4.78, 5) is 54.4. The van der Waals surface area contributed by atoms with Crippen LogP contribution in [-0.2, 0) is 35.2 Å². The molecule has 5 aliphatic carbocycles.